The van der Waals surface area contributed by atoms with Crippen LogP contribution >= 0.6 is 11.3 Å². The summed E-state index contributed by atoms with van der Waals surface area (Å²) >= 11 is 1.20. The topological polar surface area (TPSA) is 55.4 Å². The van der Waals surface area contributed by atoms with Crippen molar-refractivity contribution in [2.75, 3.05) is 5.32 Å². The first-order valence-corrected chi connectivity index (χ1v) is 7.33. The number of esters is 1. The molecule has 122 valence electrons. The Balaban J connectivity index is 2.03. The molecular formula is C15H12F3NO3S. The van der Waals surface area contributed by atoms with E-state index in [1.54, 1.807) is 12.1 Å². The number of carbonyl (C=O) groups is 2. The molecule has 0 aliphatic carbocycles. The summed E-state index contributed by atoms with van der Waals surface area (Å²) in [4.78, 5) is 24.9. The van der Waals surface area contributed by atoms with Crippen molar-refractivity contribution >= 4 is 28.9 Å². The summed E-state index contributed by atoms with van der Waals surface area (Å²) in [6.45, 7) is 3.09. The molecule has 1 amide bonds. The van der Waals surface area contributed by atoms with Gasteiger partial charge in [0.1, 0.15) is 4.88 Å². The first kappa shape index (κ1) is 17.0. The molecule has 0 bridgehead atoms. The minimum absolute atomic E-state index is 0.321. The van der Waals surface area contributed by atoms with Gasteiger partial charge in [0.15, 0.2) is 23.6 Å². The van der Waals surface area contributed by atoms with E-state index in [0.29, 0.717) is 10.9 Å². The minimum Gasteiger partial charge on any atom is -0.448 e. The molecule has 0 saturated carbocycles. The maximum atomic E-state index is 13.5. The van der Waals surface area contributed by atoms with Gasteiger partial charge in [-0.3, -0.25) is 4.79 Å². The zero-order valence-corrected chi connectivity index (χ0v) is 13.0. The van der Waals surface area contributed by atoms with Crippen LogP contribution in [0.25, 0.3) is 0 Å². The number of hydrogen-bond donors (Lipinski definition) is 1. The molecule has 1 atom stereocenters. The lowest BCUT2D eigenvalue weighted by Crippen LogP contribution is -2.30. The van der Waals surface area contributed by atoms with E-state index in [1.165, 1.54) is 18.3 Å². The number of ether oxygens (including phenoxy) is 1. The molecule has 0 aliphatic rings. The number of anilines is 1. The number of aryl methyl sites for hydroxylation is 1. The van der Waals surface area contributed by atoms with Crippen molar-refractivity contribution in [3.63, 3.8) is 0 Å². The second kappa shape index (κ2) is 6.82. The Morgan fingerprint density at radius 2 is 1.83 bits per heavy atom. The standard InChI is InChI=1S/C15H12F3NO3S/c1-7-3-6-11(23-7)15(21)22-8(2)14(20)19-10-5-4-9(16)12(17)13(10)18/h3-6,8H,1-2H3,(H,19,20). The van der Waals surface area contributed by atoms with Gasteiger partial charge < -0.3 is 10.1 Å². The highest BCUT2D eigenvalue weighted by atomic mass is 32.1. The van der Waals surface area contributed by atoms with Crippen LogP contribution in [0.4, 0.5) is 18.9 Å². The van der Waals surface area contributed by atoms with Crippen molar-refractivity contribution in [1.82, 2.24) is 0 Å². The lowest BCUT2D eigenvalue weighted by Gasteiger charge is -2.13. The molecule has 2 rings (SSSR count). The smallest absolute Gasteiger partial charge is 0.349 e. The van der Waals surface area contributed by atoms with Crippen molar-refractivity contribution in [2.45, 2.75) is 20.0 Å². The van der Waals surface area contributed by atoms with Crippen molar-refractivity contribution in [1.29, 1.82) is 0 Å². The Bertz CT molecular complexity index is 760. The Kier molecular flexibility index (Phi) is 5.05. The van der Waals surface area contributed by atoms with Crippen LogP contribution in [0.1, 0.15) is 21.5 Å². The molecule has 1 heterocycles. The van der Waals surface area contributed by atoms with E-state index in [-0.39, 0.29) is 0 Å². The van der Waals surface area contributed by atoms with E-state index >= 15 is 0 Å². The normalized spacial score (nSPS) is 11.9. The van der Waals surface area contributed by atoms with Crippen molar-refractivity contribution in [2.24, 2.45) is 0 Å². The zero-order valence-electron chi connectivity index (χ0n) is 12.2. The van der Waals surface area contributed by atoms with Gasteiger partial charge in [-0.2, -0.15) is 0 Å². The summed E-state index contributed by atoms with van der Waals surface area (Å²) in [5, 5.41) is 2.05. The zero-order chi connectivity index (χ0) is 17.1. The largest absolute Gasteiger partial charge is 0.448 e. The van der Waals surface area contributed by atoms with E-state index < -0.39 is 41.1 Å². The summed E-state index contributed by atoms with van der Waals surface area (Å²) in [6, 6.07) is 4.84. The third kappa shape index (κ3) is 3.89. The predicted molar refractivity (Wildman–Crippen MR) is 78.9 cm³/mol. The van der Waals surface area contributed by atoms with Gasteiger partial charge in [0.2, 0.25) is 0 Å². The van der Waals surface area contributed by atoms with Gasteiger partial charge in [-0.1, -0.05) is 0 Å². The summed E-state index contributed by atoms with van der Waals surface area (Å²) in [7, 11) is 0. The van der Waals surface area contributed by atoms with E-state index in [0.717, 1.165) is 10.9 Å². The molecule has 8 heteroatoms. The maximum Gasteiger partial charge on any atom is 0.349 e. The molecule has 2 aromatic rings. The van der Waals surface area contributed by atoms with Gasteiger partial charge >= 0.3 is 5.97 Å². The maximum absolute atomic E-state index is 13.5. The molecular weight excluding hydrogens is 331 g/mol. The number of rotatable bonds is 4. The molecule has 4 nitrogen and oxygen atoms in total. The number of hydrogen-bond acceptors (Lipinski definition) is 4. The molecule has 23 heavy (non-hydrogen) atoms. The van der Waals surface area contributed by atoms with Gasteiger partial charge in [0, 0.05) is 4.88 Å². The average molecular weight is 343 g/mol. The molecule has 1 N–H and O–H groups in total. The predicted octanol–water partition coefficient (Wildman–Crippen LogP) is 3.66. The molecule has 1 aromatic carbocycles. The molecule has 0 spiro atoms. The SMILES string of the molecule is Cc1ccc(C(=O)OC(C)C(=O)Nc2ccc(F)c(F)c2F)s1. The number of carbonyl (C=O) groups excluding carboxylic acids is 2. The number of thiophene rings is 1. The highest BCUT2D eigenvalue weighted by molar-refractivity contribution is 7.13. The Hall–Kier alpha value is -2.35. The third-order valence-electron chi connectivity index (χ3n) is 2.89. The summed E-state index contributed by atoms with van der Waals surface area (Å²) in [5.41, 5.74) is -0.538. The van der Waals surface area contributed by atoms with Gasteiger partial charge in [-0.15, -0.1) is 11.3 Å². The molecule has 0 aliphatic heterocycles. The lowest BCUT2D eigenvalue weighted by atomic mass is 10.2. The van der Waals surface area contributed by atoms with Gasteiger partial charge in [0.05, 0.1) is 5.69 Å². The Labute approximate surface area is 133 Å². The van der Waals surface area contributed by atoms with Crippen molar-refractivity contribution in [3.05, 3.63) is 51.5 Å². The quantitative estimate of drug-likeness (QED) is 0.681. The summed E-state index contributed by atoms with van der Waals surface area (Å²) in [5.74, 6) is -6.15. The van der Waals surface area contributed by atoms with Crippen LogP contribution in [0.3, 0.4) is 0 Å². The van der Waals surface area contributed by atoms with Crippen LogP contribution < -0.4 is 5.32 Å². The van der Waals surface area contributed by atoms with Gasteiger partial charge in [-0.05, 0) is 38.1 Å². The molecule has 1 unspecified atom stereocenters. The monoisotopic (exact) mass is 343 g/mol. The summed E-state index contributed by atoms with van der Waals surface area (Å²) < 4.78 is 44.3. The molecule has 0 radical (unpaired) electrons. The number of benzene rings is 1. The number of amides is 1. The first-order chi connectivity index (χ1) is 10.8. The van der Waals surface area contributed by atoms with Crippen LogP contribution in [0, 0.1) is 24.4 Å². The third-order valence-corrected chi connectivity index (χ3v) is 3.87. The fourth-order valence-corrected chi connectivity index (χ4v) is 2.42. The van der Waals surface area contributed by atoms with Crippen LogP contribution in [-0.2, 0) is 9.53 Å². The highest BCUT2D eigenvalue weighted by Crippen LogP contribution is 2.20. The van der Waals surface area contributed by atoms with E-state index in [4.69, 9.17) is 4.74 Å². The summed E-state index contributed by atoms with van der Waals surface area (Å²) in [6.07, 6.45) is -1.24. The second-order valence-corrected chi connectivity index (χ2v) is 5.96. The van der Waals surface area contributed by atoms with E-state index in [9.17, 15) is 22.8 Å². The number of halogens is 3. The Morgan fingerprint density at radius 3 is 2.43 bits per heavy atom. The number of nitrogens with one attached hydrogen (secondary N) is 1. The van der Waals surface area contributed by atoms with Crippen LogP contribution in [0.5, 0.6) is 0 Å². The van der Waals surface area contributed by atoms with Crippen LogP contribution in [0.15, 0.2) is 24.3 Å². The fraction of sp³-hybridized carbons (Fsp3) is 0.200. The molecule has 0 fully saturated rings. The first-order valence-electron chi connectivity index (χ1n) is 6.51. The molecule has 0 saturated heterocycles. The van der Waals surface area contributed by atoms with E-state index in [2.05, 4.69) is 0 Å². The highest BCUT2D eigenvalue weighted by Gasteiger charge is 2.22. The van der Waals surface area contributed by atoms with Gasteiger partial charge in [-0.25, -0.2) is 18.0 Å². The van der Waals surface area contributed by atoms with Crippen LogP contribution in [-0.4, -0.2) is 18.0 Å². The lowest BCUT2D eigenvalue weighted by molar-refractivity contribution is -0.123. The fourth-order valence-electron chi connectivity index (χ4n) is 1.67. The van der Waals surface area contributed by atoms with E-state index in [1.807, 2.05) is 12.2 Å². The Morgan fingerprint density at radius 1 is 1.13 bits per heavy atom. The second-order valence-electron chi connectivity index (χ2n) is 4.67. The molecule has 1 aromatic heterocycles. The average Bonchev–Trinajstić information content (AvgIpc) is 2.94. The minimum atomic E-state index is -1.69. The van der Waals surface area contributed by atoms with Crippen molar-refractivity contribution < 1.29 is 27.5 Å². The van der Waals surface area contributed by atoms with Gasteiger partial charge in [0.25, 0.3) is 5.91 Å². The van der Waals surface area contributed by atoms with Crippen molar-refractivity contribution in [3.8, 4) is 0 Å². The van der Waals surface area contributed by atoms with Crippen LogP contribution in [0.2, 0.25) is 0 Å².